The van der Waals surface area contributed by atoms with Crippen LogP contribution in [0.5, 0.6) is 0 Å². The second kappa shape index (κ2) is 5.08. The number of fused-ring (bicyclic) bond motifs is 1. The lowest BCUT2D eigenvalue weighted by Gasteiger charge is -2.20. The van der Waals surface area contributed by atoms with E-state index < -0.39 is 0 Å². The summed E-state index contributed by atoms with van der Waals surface area (Å²) in [5, 5.41) is 0.994. The fourth-order valence-corrected chi connectivity index (χ4v) is 2.40. The third kappa shape index (κ3) is 2.65. The molecule has 0 N–H and O–H groups in total. The third-order valence-corrected chi connectivity index (χ3v) is 3.59. The Morgan fingerprint density at radius 3 is 2.84 bits per heavy atom. The molecule has 3 rings (SSSR count). The van der Waals surface area contributed by atoms with Crippen LogP contribution >= 0.6 is 0 Å². The maximum absolute atomic E-state index is 12.5. The minimum atomic E-state index is 0.0324. The highest BCUT2D eigenvalue weighted by Gasteiger charge is 2.28. The second-order valence-electron chi connectivity index (χ2n) is 5.34. The van der Waals surface area contributed by atoms with Crippen LogP contribution in [0, 0.1) is 5.92 Å². The molecule has 1 fully saturated rings. The van der Waals surface area contributed by atoms with Crippen LogP contribution in [0.25, 0.3) is 11.0 Å². The zero-order valence-electron chi connectivity index (χ0n) is 11.3. The molecule has 1 amide bonds. The van der Waals surface area contributed by atoms with Gasteiger partial charge in [-0.15, -0.1) is 0 Å². The minimum absolute atomic E-state index is 0.0324. The Bertz CT molecular complexity index is 550. The predicted octanol–water partition coefficient (Wildman–Crippen LogP) is 3.70. The van der Waals surface area contributed by atoms with Gasteiger partial charge in [-0.2, -0.15) is 0 Å². The Balaban J connectivity index is 1.83. The molecule has 100 valence electrons. The summed E-state index contributed by atoms with van der Waals surface area (Å²) in [5.74, 6) is 1.21. The van der Waals surface area contributed by atoms with Crippen molar-refractivity contribution in [1.29, 1.82) is 0 Å². The van der Waals surface area contributed by atoms with Crippen molar-refractivity contribution in [1.82, 2.24) is 4.90 Å². The van der Waals surface area contributed by atoms with Crippen molar-refractivity contribution >= 4 is 16.9 Å². The smallest absolute Gasteiger partial charge is 0.289 e. The van der Waals surface area contributed by atoms with Crippen molar-refractivity contribution in [2.75, 3.05) is 13.1 Å². The molecule has 0 unspecified atom stereocenters. The van der Waals surface area contributed by atoms with Crippen molar-refractivity contribution < 1.29 is 9.21 Å². The van der Waals surface area contributed by atoms with E-state index in [0.29, 0.717) is 11.7 Å². The molecular weight excluding hydrogens is 238 g/mol. The zero-order valence-corrected chi connectivity index (χ0v) is 11.3. The van der Waals surface area contributed by atoms with Gasteiger partial charge in [0.2, 0.25) is 0 Å². The van der Waals surface area contributed by atoms with Crippen LogP contribution in [0.3, 0.4) is 0 Å². The van der Waals surface area contributed by atoms with Gasteiger partial charge in [-0.05, 0) is 37.3 Å². The molecule has 0 bridgehead atoms. The average Bonchev–Trinajstić information content (AvgIpc) is 3.13. The van der Waals surface area contributed by atoms with Gasteiger partial charge in [0.05, 0.1) is 0 Å². The molecule has 1 heterocycles. The van der Waals surface area contributed by atoms with Gasteiger partial charge in [-0.25, -0.2) is 0 Å². The van der Waals surface area contributed by atoms with Crippen molar-refractivity contribution in [3.8, 4) is 0 Å². The van der Waals surface area contributed by atoms with Gasteiger partial charge >= 0.3 is 0 Å². The van der Waals surface area contributed by atoms with Gasteiger partial charge in [0, 0.05) is 18.5 Å². The van der Waals surface area contributed by atoms with Gasteiger partial charge in [-0.3, -0.25) is 4.79 Å². The van der Waals surface area contributed by atoms with Gasteiger partial charge in [0.15, 0.2) is 5.76 Å². The molecule has 3 heteroatoms. The van der Waals surface area contributed by atoms with Crippen molar-refractivity contribution in [2.24, 2.45) is 5.92 Å². The van der Waals surface area contributed by atoms with Gasteiger partial charge in [-0.1, -0.05) is 25.1 Å². The number of para-hydroxylation sites is 1. The molecule has 1 aromatic carbocycles. The maximum Gasteiger partial charge on any atom is 0.289 e. The number of nitrogens with zero attached hydrogens (tertiary/aromatic N) is 1. The average molecular weight is 257 g/mol. The minimum Gasteiger partial charge on any atom is -0.451 e. The van der Waals surface area contributed by atoms with Crippen LogP contribution in [0.2, 0.25) is 0 Å². The number of carbonyl (C=O) groups is 1. The van der Waals surface area contributed by atoms with Gasteiger partial charge in [0.1, 0.15) is 5.58 Å². The molecule has 1 saturated carbocycles. The van der Waals surface area contributed by atoms with Gasteiger partial charge in [0.25, 0.3) is 5.91 Å². The van der Waals surface area contributed by atoms with E-state index in [1.165, 1.54) is 12.8 Å². The first-order chi connectivity index (χ1) is 9.28. The van der Waals surface area contributed by atoms with E-state index in [9.17, 15) is 4.79 Å². The molecule has 1 aromatic heterocycles. The lowest BCUT2D eigenvalue weighted by atomic mass is 10.2. The number of benzene rings is 1. The van der Waals surface area contributed by atoms with Crippen LogP contribution in [0.1, 0.15) is 36.7 Å². The highest BCUT2D eigenvalue weighted by atomic mass is 16.3. The fraction of sp³-hybridized carbons (Fsp3) is 0.438. The first kappa shape index (κ1) is 12.3. The molecule has 2 aromatic rings. The number of carbonyl (C=O) groups excluding carboxylic acids is 1. The quantitative estimate of drug-likeness (QED) is 0.818. The first-order valence-corrected chi connectivity index (χ1v) is 7.05. The van der Waals surface area contributed by atoms with Crippen LogP contribution in [0.15, 0.2) is 34.7 Å². The summed E-state index contributed by atoms with van der Waals surface area (Å²) in [4.78, 5) is 14.4. The Morgan fingerprint density at radius 1 is 1.37 bits per heavy atom. The van der Waals surface area contributed by atoms with Gasteiger partial charge < -0.3 is 9.32 Å². The fourth-order valence-electron chi connectivity index (χ4n) is 2.40. The molecule has 0 aliphatic heterocycles. The van der Waals surface area contributed by atoms with Crippen LogP contribution in [0.4, 0.5) is 0 Å². The van der Waals surface area contributed by atoms with E-state index in [0.717, 1.165) is 30.5 Å². The van der Waals surface area contributed by atoms with Crippen molar-refractivity contribution in [3.05, 3.63) is 36.1 Å². The lowest BCUT2D eigenvalue weighted by Crippen LogP contribution is -2.33. The number of hydrogen-bond donors (Lipinski definition) is 0. The van der Waals surface area contributed by atoms with E-state index in [2.05, 4.69) is 6.92 Å². The summed E-state index contributed by atoms with van der Waals surface area (Å²) in [6, 6.07) is 9.61. The molecular formula is C16H19NO2. The largest absolute Gasteiger partial charge is 0.451 e. The van der Waals surface area contributed by atoms with E-state index in [1.807, 2.05) is 35.2 Å². The second-order valence-corrected chi connectivity index (χ2v) is 5.34. The summed E-state index contributed by atoms with van der Waals surface area (Å²) in [6.07, 6.45) is 3.50. The molecule has 1 aliphatic carbocycles. The molecule has 1 aliphatic rings. The highest BCUT2D eigenvalue weighted by molar-refractivity contribution is 5.96. The number of amides is 1. The molecule has 3 nitrogen and oxygen atoms in total. The van der Waals surface area contributed by atoms with Crippen LogP contribution < -0.4 is 0 Å². The summed E-state index contributed by atoms with van der Waals surface area (Å²) in [6.45, 7) is 3.79. The highest BCUT2D eigenvalue weighted by Crippen LogP contribution is 2.30. The van der Waals surface area contributed by atoms with Crippen LogP contribution in [-0.2, 0) is 0 Å². The van der Waals surface area contributed by atoms with E-state index in [-0.39, 0.29) is 5.91 Å². The Morgan fingerprint density at radius 2 is 2.16 bits per heavy atom. The van der Waals surface area contributed by atoms with E-state index in [1.54, 1.807) is 0 Å². The molecule has 0 spiro atoms. The van der Waals surface area contributed by atoms with Crippen molar-refractivity contribution in [3.63, 3.8) is 0 Å². The van der Waals surface area contributed by atoms with Crippen molar-refractivity contribution in [2.45, 2.75) is 26.2 Å². The Kier molecular flexibility index (Phi) is 3.28. The van der Waals surface area contributed by atoms with E-state index >= 15 is 0 Å². The number of hydrogen-bond acceptors (Lipinski definition) is 2. The lowest BCUT2D eigenvalue weighted by molar-refractivity contribution is 0.0718. The number of rotatable bonds is 5. The zero-order chi connectivity index (χ0) is 13.2. The maximum atomic E-state index is 12.5. The normalized spacial score (nSPS) is 14.8. The molecule has 0 radical (unpaired) electrons. The SMILES string of the molecule is CCCN(CC1CC1)C(=O)c1cc2ccccc2o1. The third-order valence-electron chi connectivity index (χ3n) is 3.59. The Hall–Kier alpha value is -1.77. The predicted molar refractivity (Wildman–Crippen MR) is 75.1 cm³/mol. The standard InChI is InChI=1S/C16H19NO2/c1-2-9-17(11-12-7-8-12)16(18)15-10-13-5-3-4-6-14(13)19-15/h3-6,10,12H,2,7-9,11H2,1H3. The first-order valence-electron chi connectivity index (χ1n) is 7.05. The monoisotopic (exact) mass is 257 g/mol. The van der Waals surface area contributed by atoms with Crippen LogP contribution in [-0.4, -0.2) is 23.9 Å². The molecule has 0 atom stereocenters. The summed E-state index contributed by atoms with van der Waals surface area (Å²) >= 11 is 0. The Labute approximate surface area is 113 Å². The number of furan rings is 1. The summed E-state index contributed by atoms with van der Waals surface area (Å²) in [5.41, 5.74) is 0.786. The molecule has 0 saturated heterocycles. The summed E-state index contributed by atoms with van der Waals surface area (Å²) in [7, 11) is 0. The van der Waals surface area contributed by atoms with E-state index in [4.69, 9.17) is 4.42 Å². The topological polar surface area (TPSA) is 33.5 Å². The summed E-state index contributed by atoms with van der Waals surface area (Å²) < 4.78 is 5.67. The molecule has 19 heavy (non-hydrogen) atoms.